The second-order valence-electron chi connectivity index (χ2n) is 6.55. The van der Waals surface area contributed by atoms with Gasteiger partial charge in [0.2, 0.25) is 0 Å². The van der Waals surface area contributed by atoms with Crippen molar-refractivity contribution in [3.8, 4) is 11.5 Å². The quantitative estimate of drug-likeness (QED) is 0.660. The van der Waals surface area contributed by atoms with Crippen LogP contribution in [0.1, 0.15) is 42.2 Å². The second-order valence-corrected chi connectivity index (χ2v) is 6.55. The first-order valence-electron chi connectivity index (χ1n) is 8.82. The molecular weight excluding hydrogens is 326 g/mol. The lowest BCUT2D eigenvalue weighted by atomic mass is 9.96. The molecule has 2 aromatic rings. The van der Waals surface area contributed by atoms with Crippen molar-refractivity contribution in [2.75, 3.05) is 13.7 Å². The maximum absolute atomic E-state index is 12.7. The molecule has 2 aromatic carbocycles. The van der Waals surface area contributed by atoms with Gasteiger partial charge in [0.15, 0.2) is 0 Å². The molecule has 26 heavy (non-hydrogen) atoms. The van der Waals surface area contributed by atoms with Gasteiger partial charge < -0.3 is 14.8 Å². The molecule has 4 heteroatoms. The zero-order valence-electron chi connectivity index (χ0n) is 15.7. The van der Waals surface area contributed by atoms with Crippen molar-refractivity contribution in [3.05, 3.63) is 72.3 Å². The molecule has 4 nitrogen and oxygen atoms in total. The van der Waals surface area contributed by atoms with Gasteiger partial charge in [0.25, 0.3) is 5.91 Å². The first kappa shape index (κ1) is 19.6. The molecule has 0 bridgehead atoms. The predicted molar refractivity (Wildman–Crippen MR) is 105 cm³/mol. The molecule has 0 heterocycles. The third kappa shape index (κ3) is 5.66. The number of hydrogen-bond donors (Lipinski definition) is 1. The number of benzene rings is 2. The summed E-state index contributed by atoms with van der Waals surface area (Å²) in [5, 5.41) is 3.14. The molecule has 0 spiro atoms. The van der Waals surface area contributed by atoms with Crippen molar-refractivity contribution in [2.45, 2.75) is 26.3 Å². The Morgan fingerprint density at radius 1 is 1.08 bits per heavy atom. The minimum absolute atomic E-state index is 0.0508. The lowest BCUT2D eigenvalue weighted by Crippen LogP contribution is -2.29. The molecule has 0 saturated heterocycles. The fraction of sp³-hybridized carbons (Fsp3) is 0.318. The zero-order valence-corrected chi connectivity index (χ0v) is 15.7. The van der Waals surface area contributed by atoms with E-state index in [9.17, 15) is 4.79 Å². The van der Waals surface area contributed by atoms with Crippen molar-refractivity contribution in [2.24, 2.45) is 5.92 Å². The Bertz CT molecular complexity index is 705. The van der Waals surface area contributed by atoms with E-state index in [1.807, 2.05) is 24.3 Å². The van der Waals surface area contributed by atoms with Crippen LogP contribution in [0.4, 0.5) is 0 Å². The van der Waals surface area contributed by atoms with Gasteiger partial charge in [-0.2, -0.15) is 0 Å². The highest BCUT2D eigenvalue weighted by Gasteiger charge is 2.17. The van der Waals surface area contributed by atoms with E-state index in [2.05, 4.69) is 25.7 Å². The Kier molecular flexibility index (Phi) is 7.27. The zero-order chi connectivity index (χ0) is 18.9. The highest BCUT2D eigenvalue weighted by Crippen LogP contribution is 2.24. The summed E-state index contributed by atoms with van der Waals surface area (Å²) >= 11 is 0. The molecule has 138 valence electrons. The number of amides is 1. The molecule has 0 aromatic heterocycles. The molecule has 1 N–H and O–H groups in total. The van der Waals surface area contributed by atoms with E-state index in [1.54, 1.807) is 37.5 Å². The number of nitrogens with one attached hydrogen (secondary N) is 1. The van der Waals surface area contributed by atoms with E-state index < -0.39 is 0 Å². The maximum Gasteiger partial charge on any atom is 0.251 e. The van der Waals surface area contributed by atoms with E-state index in [4.69, 9.17) is 9.47 Å². The summed E-state index contributed by atoms with van der Waals surface area (Å²) in [6.45, 7) is 8.36. The molecule has 0 fully saturated rings. The van der Waals surface area contributed by atoms with Gasteiger partial charge in [-0.05, 0) is 54.3 Å². The Morgan fingerprint density at radius 2 is 1.69 bits per heavy atom. The number of hydrogen-bond acceptors (Lipinski definition) is 3. The maximum atomic E-state index is 12.7. The molecule has 0 unspecified atom stereocenters. The molecule has 0 aliphatic heterocycles. The highest BCUT2D eigenvalue weighted by atomic mass is 16.5. The fourth-order valence-corrected chi connectivity index (χ4v) is 2.69. The monoisotopic (exact) mass is 353 g/mol. The summed E-state index contributed by atoms with van der Waals surface area (Å²) < 4.78 is 10.7. The van der Waals surface area contributed by atoms with Crippen molar-refractivity contribution in [1.29, 1.82) is 0 Å². The van der Waals surface area contributed by atoms with Gasteiger partial charge in [-0.15, -0.1) is 0 Å². The first-order valence-corrected chi connectivity index (χ1v) is 8.82. The third-order valence-electron chi connectivity index (χ3n) is 4.01. The molecular formula is C22H27NO3. The smallest absolute Gasteiger partial charge is 0.251 e. The molecule has 0 aliphatic carbocycles. The predicted octanol–water partition coefficient (Wildman–Crippen LogP) is 4.78. The van der Waals surface area contributed by atoms with Gasteiger partial charge in [-0.1, -0.05) is 38.6 Å². The summed E-state index contributed by atoms with van der Waals surface area (Å²) in [5.41, 5.74) is 1.68. The SMILES string of the molecule is C=CCOc1ccc(C(=O)N[C@H](CC(C)C)c2ccc(OC)cc2)cc1. The van der Waals surface area contributed by atoms with Crippen molar-refractivity contribution < 1.29 is 14.3 Å². The van der Waals surface area contributed by atoms with Crippen LogP contribution >= 0.6 is 0 Å². The van der Waals surface area contributed by atoms with Crippen LogP contribution in [0.5, 0.6) is 11.5 Å². The third-order valence-corrected chi connectivity index (χ3v) is 4.01. The summed E-state index contributed by atoms with van der Waals surface area (Å²) in [4.78, 5) is 12.7. The van der Waals surface area contributed by atoms with Crippen LogP contribution in [-0.4, -0.2) is 19.6 Å². The van der Waals surface area contributed by atoms with Crippen LogP contribution in [0, 0.1) is 5.92 Å². The number of carbonyl (C=O) groups is 1. The van der Waals surface area contributed by atoms with Gasteiger partial charge >= 0.3 is 0 Å². The van der Waals surface area contributed by atoms with Gasteiger partial charge in [0.1, 0.15) is 18.1 Å². The van der Waals surface area contributed by atoms with Crippen LogP contribution in [0.3, 0.4) is 0 Å². The Balaban J connectivity index is 2.10. The summed E-state index contributed by atoms with van der Waals surface area (Å²) in [5.74, 6) is 1.88. The van der Waals surface area contributed by atoms with Crippen LogP contribution in [0.25, 0.3) is 0 Å². The van der Waals surface area contributed by atoms with E-state index in [0.717, 1.165) is 23.5 Å². The van der Waals surface area contributed by atoms with E-state index in [1.165, 1.54) is 0 Å². The molecule has 2 rings (SSSR count). The van der Waals surface area contributed by atoms with E-state index >= 15 is 0 Å². The molecule has 0 saturated carbocycles. The van der Waals surface area contributed by atoms with Gasteiger partial charge in [-0.3, -0.25) is 4.79 Å². The Morgan fingerprint density at radius 3 is 2.23 bits per heavy atom. The number of rotatable bonds is 9. The minimum Gasteiger partial charge on any atom is -0.497 e. The van der Waals surface area contributed by atoms with Gasteiger partial charge in [-0.25, -0.2) is 0 Å². The summed E-state index contributed by atoms with van der Waals surface area (Å²) in [6.07, 6.45) is 2.55. The van der Waals surface area contributed by atoms with Crippen molar-refractivity contribution in [1.82, 2.24) is 5.32 Å². The average molecular weight is 353 g/mol. The number of carbonyl (C=O) groups excluding carboxylic acids is 1. The molecule has 1 atom stereocenters. The first-order chi connectivity index (χ1) is 12.5. The number of ether oxygens (including phenoxy) is 2. The lowest BCUT2D eigenvalue weighted by Gasteiger charge is -2.21. The molecule has 0 aliphatic rings. The largest absolute Gasteiger partial charge is 0.497 e. The van der Waals surface area contributed by atoms with Gasteiger partial charge in [0, 0.05) is 5.56 Å². The Hall–Kier alpha value is -2.75. The summed E-state index contributed by atoms with van der Waals surface area (Å²) in [6, 6.07) is 14.9. The van der Waals surface area contributed by atoms with Crippen molar-refractivity contribution >= 4 is 5.91 Å². The van der Waals surface area contributed by atoms with Crippen LogP contribution < -0.4 is 14.8 Å². The molecule has 1 amide bonds. The minimum atomic E-state index is -0.0956. The van der Waals surface area contributed by atoms with Gasteiger partial charge in [0.05, 0.1) is 13.2 Å². The van der Waals surface area contributed by atoms with Crippen LogP contribution in [0.2, 0.25) is 0 Å². The Labute approximate surface area is 155 Å². The van der Waals surface area contributed by atoms with Crippen molar-refractivity contribution in [3.63, 3.8) is 0 Å². The van der Waals surface area contributed by atoms with E-state index in [-0.39, 0.29) is 11.9 Å². The highest BCUT2D eigenvalue weighted by molar-refractivity contribution is 5.94. The fourth-order valence-electron chi connectivity index (χ4n) is 2.69. The second kappa shape index (κ2) is 9.66. The molecule has 0 radical (unpaired) electrons. The normalized spacial score (nSPS) is 11.7. The topological polar surface area (TPSA) is 47.6 Å². The summed E-state index contributed by atoms with van der Waals surface area (Å²) in [7, 11) is 1.64. The van der Waals surface area contributed by atoms with Crippen LogP contribution in [-0.2, 0) is 0 Å². The van der Waals surface area contributed by atoms with E-state index in [0.29, 0.717) is 18.1 Å². The average Bonchev–Trinajstić information content (AvgIpc) is 2.66. The lowest BCUT2D eigenvalue weighted by molar-refractivity contribution is 0.0932. The number of methoxy groups -OCH3 is 1. The van der Waals surface area contributed by atoms with Crippen LogP contribution in [0.15, 0.2) is 61.2 Å². The standard InChI is InChI=1S/C22H27NO3/c1-5-14-26-20-12-8-18(9-13-20)22(24)23-21(15-16(2)3)17-6-10-19(25-4)11-7-17/h5-13,16,21H,1,14-15H2,2-4H3,(H,23,24)/t21-/m1/s1.